The van der Waals surface area contributed by atoms with Crippen LogP contribution in [0.25, 0.3) is 0 Å². The second-order valence-corrected chi connectivity index (χ2v) is 6.78. The Balaban J connectivity index is 1.57. The van der Waals surface area contributed by atoms with Gasteiger partial charge in [-0.05, 0) is 36.8 Å². The van der Waals surface area contributed by atoms with Crippen LogP contribution in [0, 0.1) is 0 Å². The van der Waals surface area contributed by atoms with Gasteiger partial charge in [-0.3, -0.25) is 0 Å². The molecule has 2 N–H and O–H groups in total. The minimum atomic E-state index is -0.510. The summed E-state index contributed by atoms with van der Waals surface area (Å²) in [7, 11) is 0. The van der Waals surface area contributed by atoms with Gasteiger partial charge in [0.2, 0.25) is 6.79 Å². The molecular formula is C16H23NO3S. The number of aliphatic hydroxyl groups is 1. The molecule has 3 rings (SSSR count). The van der Waals surface area contributed by atoms with Crippen LogP contribution in [0.1, 0.15) is 37.4 Å². The first-order chi connectivity index (χ1) is 10.3. The molecule has 21 heavy (non-hydrogen) atoms. The van der Waals surface area contributed by atoms with E-state index in [1.54, 1.807) is 0 Å². The van der Waals surface area contributed by atoms with Crippen LogP contribution in [-0.4, -0.2) is 36.0 Å². The van der Waals surface area contributed by atoms with Gasteiger partial charge in [-0.2, -0.15) is 11.8 Å². The summed E-state index contributed by atoms with van der Waals surface area (Å²) < 4.78 is 10.7. The first-order valence-corrected chi connectivity index (χ1v) is 8.90. The first kappa shape index (κ1) is 15.0. The van der Waals surface area contributed by atoms with E-state index in [0.29, 0.717) is 17.8 Å². The summed E-state index contributed by atoms with van der Waals surface area (Å²) >= 11 is 1.94. The number of benzene rings is 1. The van der Waals surface area contributed by atoms with Crippen molar-refractivity contribution in [2.75, 3.05) is 19.6 Å². The van der Waals surface area contributed by atoms with Crippen molar-refractivity contribution in [2.45, 2.75) is 43.1 Å². The molecule has 1 saturated carbocycles. The third kappa shape index (κ3) is 3.47. The van der Waals surface area contributed by atoms with Crippen LogP contribution in [0.5, 0.6) is 11.5 Å². The molecule has 0 amide bonds. The second-order valence-electron chi connectivity index (χ2n) is 5.70. The van der Waals surface area contributed by atoms with Crippen LogP contribution >= 0.6 is 11.8 Å². The maximum Gasteiger partial charge on any atom is 0.231 e. The molecule has 1 aromatic rings. The van der Waals surface area contributed by atoms with Crippen LogP contribution in [0.15, 0.2) is 18.2 Å². The molecule has 0 saturated heterocycles. The van der Waals surface area contributed by atoms with Crippen molar-refractivity contribution in [3.05, 3.63) is 23.8 Å². The zero-order chi connectivity index (χ0) is 14.7. The molecule has 116 valence electrons. The van der Waals surface area contributed by atoms with E-state index in [-0.39, 0.29) is 6.79 Å². The Kier molecular flexibility index (Phi) is 4.93. The second kappa shape index (κ2) is 6.90. The lowest BCUT2D eigenvalue weighted by Crippen LogP contribution is -2.42. The van der Waals surface area contributed by atoms with E-state index in [9.17, 15) is 5.11 Å². The summed E-state index contributed by atoms with van der Waals surface area (Å²) in [6, 6.07) is 6.16. The number of hydrogen-bond acceptors (Lipinski definition) is 5. The zero-order valence-electron chi connectivity index (χ0n) is 12.4. The fourth-order valence-corrected chi connectivity index (χ4v) is 4.08. The van der Waals surface area contributed by atoms with E-state index < -0.39 is 6.10 Å². The number of aliphatic hydroxyl groups excluding tert-OH is 1. The van der Waals surface area contributed by atoms with Gasteiger partial charge in [0.25, 0.3) is 0 Å². The van der Waals surface area contributed by atoms with E-state index in [4.69, 9.17) is 9.47 Å². The number of fused-ring (bicyclic) bond motifs is 1. The van der Waals surface area contributed by atoms with Gasteiger partial charge in [0.1, 0.15) is 0 Å². The number of nitrogens with one attached hydrogen (secondary N) is 1. The fourth-order valence-electron chi connectivity index (χ4n) is 3.11. The van der Waals surface area contributed by atoms with Crippen molar-refractivity contribution in [3.8, 4) is 11.5 Å². The monoisotopic (exact) mass is 309 g/mol. The van der Waals surface area contributed by atoms with Gasteiger partial charge < -0.3 is 19.9 Å². The quantitative estimate of drug-likeness (QED) is 0.876. The third-order valence-electron chi connectivity index (χ3n) is 4.36. The van der Waals surface area contributed by atoms with Crippen LogP contribution in [0.2, 0.25) is 0 Å². The lowest BCUT2D eigenvalue weighted by Gasteiger charge is -2.31. The van der Waals surface area contributed by atoms with Crippen molar-refractivity contribution >= 4 is 11.8 Å². The largest absolute Gasteiger partial charge is 0.454 e. The molecule has 5 heteroatoms. The summed E-state index contributed by atoms with van der Waals surface area (Å²) in [5, 5.41) is 14.6. The van der Waals surface area contributed by atoms with Crippen molar-refractivity contribution in [2.24, 2.45) is 0 Å². The molecule has 1 fully saturated rings. The third-order valence-corrected chi connectivity index (χ3v) is 5.53. The smallest absolute Gasteiger partial charge is 0.231 e. The Hall–Kier alpha value is -0.910. The Morgan fingerprint density at radius 3 is 2.95 bits per heavy atom. The molecular weight excluding hydrogens is 286 g/mol. The zero-order valence-corrected chi connectivity index (χ0v) is 13.2. The summed E-state index contributed by atoms with van der Waals surface area (Å²) in [6.07, 6.45) is 6.77. The van der Waals surface area contributed by atoms with Crippen LogP contribution in [0.4, 0.5) is 0 Å². The van der Waals surface area contributed by atoms with Crippen LogP contribution < -0.4 is 14.8 Å². The predicted molar refractivity (Wildman–Crippen MR) is 85.1 cm³/mol. The molecule has 0 bridgehead atoms. The molecule has 1 aromatic carbocycles. The lowest BCUT2D eigenvalue weighted by atomic mass is 9.94. The Labute approximate surface area is 130 Å². The first-order valence-electron chi connectivity index (χ1n) is 7.61. The lowest BCUT2D eigenvalue weighted by molar-refractivity contribution is 0.164. The van der Waals surface area contributed by atoms with Crippen molar-refractivity contribution < 1.29 is 14.6 Å². The molecule has 1 aliphatic carbocycles. The summed E-state index contributed by atoms with van der Waals surface area (Å²) in [5.41, 5.74) is 0.878. The van der Waals surface area contributed by atoms with Crippen LogP contribution in [-0.2, 0) is 0 Å². The molecule has 4 nitrogen and oxygen atoms in total. The topological polar surface area (TPSA) is 50.7 Å². The molecule has 3 unspecified atom stereocenters. The Bertz CT molecular complexity index is 483. The molecule has 1 aliphatic heterocycles. The van der Waals surface area contributed by atoms with Crippen molar-refractivity contribution in [1.82, 2.24) is 5.32 Å². The highest BCUT2D eigenvalue weighted by Crippen LogP contribution is 2.34. The maximum atomic E-state index is 10.4. The minimum Gasteiger partial charge on any atom is -0.454 e. The number of rotatable bonds is 5. The average Bonchev–Trinajstić information content (AvgIpc) is 3.00. The maximum absolute atomic E-state index is 10.4. The highest BCUT2D eigenvalue weighted by Gasteiger charge is 2.25. The number of thioether (sulfide) groups is 1. The predicted octanol–water partition coefficient (Wildman–Crippen LogP) is 2.71. The molecule has 2 aliphatic rings. The highest BCUT2D eigenvalue weighted by atomic mass is 32.2. The average molecular weight is 309 g/mol. The van der Waals surface area contributed by atoms with E-state index in [1.165, 1.54) is 25.7 Å². The van der Waals surface area contributed by atoms with Gasteiger partial charge in [0.05, 0.1) is 6.10 Å². The minimum absolute atomic E-state index is 0.268. The van der Waals surface area contributed by atoms with Gasteiger partial charge in [-0.1, -0.05) is 18.9 Å². The molecule has 0 radical (unpaired) electrons. The Morgan fingerprint density at radius 1 is 1.29 bits per heavy atom. The standard InChI is InChI=1S/C16H23NO3S/c1-21-16-5-3-2-4-12(16)17-9-13(18)11-6-7-14-15(8-11)20-10-19-14/h6-8,12-13,16-18H,2-5,9-10H2,1H3. The van der Waals surface area contributed by atoms with Crippen molar-refractivity contribution in [3.63, 3.8) is 0 Å². The summed E-state index contributed by atoms with van der Waals surface area (Å²) in [4.78, 5) is 0. The van der Waals surface area contributed by atoms with Gasteiger partial charge in [-0.25, -0.2) is 0 Å². The van der Waals surface area contributed by atoms with Gasteiger partial charge in [0.15, 0.2) is 11.5 Å². The van der Waals surface area contributed by atoms with E-state index in [2.05, 4.69) is 11.6 Å². The number of hydrogen-bond donors (Lipinski definition) is 2. The summed E-state index contributed by atoms with van der Waals surface area (Å²) in [6.45, 7) is 0.853. The SMILES string of the molecule is CSC1CCCCC1NCC(O)c1ccc2c(c1)OCO2. The fraction of sp³-hybridized carbons (Fsp3) is 0.625. The number of ether oxygens (including phenoxy) is 2. The normalized spacial score (nSPS) is 25.8. The molecule has 0 aromatic heterocycles. The van der Waals surface area contributed by atoms with Gasteiger partial charge in [0, 0.05) is 17.8 Å². The van der Waals surface area contributed by atoms with Gasteiger partial charge >= 0.3 is 0 Å². The molecule has 0 spiro atoms. The van der Waals surface area contributed by atoms with Gasteiger partial charge in [-0.15, -0.1) is 0 Å². The van der Waals surface area contributed by atoms with E-state index >= 15 is 0 Å². The molecule has 3 atom stereocenters. The van der Waals surface area contributed by atoms with E-state index in [0.717, 1.165) is 17.1 Å². The van der Waals surface area contributed by atoms with Crippen LogP contribution in [0.3, 0.4) is 0 Å². The van der Waals surface area contributed by atoms with Crippen molar-refractivity contribution in [1.29, 1.82) is 0 Å². The highest BCUT2D eigenvalue weighted by molar-refractivity contribution is 7.99. The molecule has 1 heterocycles. The Morgan fingerprint density at radius 2 is 2.10 bits per heavy atom. The summed E-state index contributed by atoms with van der Waals surface area (Å²) in [5.74, 6) is 1.49. The van der Waals surface area contributed by atoms with E-state index in [1.807, 2.05) is 30.0 Å².